The lowest BCUT2D eigenvalue weighted by Crippen LogP contribution is -1.99. The molecule has 0 fully saturated rings. The summed E-state index contributed by atoms with van der Waals surface area (Å²) in [4.78, 5) is 18.7. The van der Waals surface area contributed by atoms with Crippen LogP contribution >= 0.6 is 11.8 Å². The predicted molar refractivity (Wildman–Crippen MR) is 69.6 cm³/mol. The van der Waals surface area contributed by atoms with Crippen molar-refractivity contribution in [2.45, 2.75) is 11.6 Å². The molecule has 18 heavy (non-hydrogen) atoms. The number of carbonyl (C=O) groups is 1. The van der Waals surface area contributed by atoms with Crippen LogP contribution in [0.2, 0.25) is 0 Å². The van der Waals surface area contributed by atoms with Crippen LogP contribution in [-0.2, 0) is 11.2 Å². The number of aliphatic carboxylic acids is 1. The van der Waals surface area contributed by atoms with Gasteiger partial charge in [-0.3, -0.25) is 4.79 Å². The van der Waals surface area contributed by atoms with Crippen molar-refractivity contribution >= 4 is 17.7 Å². The van der Waals surface area contributed by atoms with Gasteiger partial charge in [0, 0.05) is 18.8 Å². The first-order chi connectivity index (χ1) is 8.74. The van der Waals surface area contributed by atoms with E-state index in [1.165, 1.54) is 5.56 Å². The molecule has 4 nitrogen and oxygen atoms in total. The van der Waals surface area contributed by atoms with E-state index in [0.29, 0.717) is 5.16 Å². The molecule has 0 spiro atoms. The van der Waals surface area contributed by atoms with Crippen LogP contribution in [0.3, 0.4) is 0 Å². The molecular weight excluding hydrogens is 248 g/mol. The number of hydrogen-bond acceptors (Lipinski definition) is 4. The fraction of sp³-hybridized carbons (Fsp3) is 0.154. The molecule has 0 radical (unpaired) electrons. The number of benzene rings is 1. The van der Waals surface area contributed by atoms with E-state index in [-0.39, 0.29) is 5.75 Å². The molecule has 1 N–H and O–H groups in total. The van der Waals surface area contributed by atoms with Gasteiger partial charge in [0.1, 0.15) is 0 Å². The molecule has 92 valence electrons. The van der Waals surface area contributed by atoms with Crippen molar-refractivity contribution in [1.82, 2.24) is 9.97 Å². The molecule has 0 aliphatic rings. The van der Waals surface area contributed by atoms with E-state index in [2.05, 4.69) is 9.97 Å². The van der Waals surface area contributed by atoms with Crippen LogP contribution in [0.5, 0.6) is 0 Å². The van der Waals surface area contributed by atoms with Crippen molar-refractivity contribution in [3.05, 3.63) is 53.9 Å². The number of nitrogens with zero attached hydrogens (tertiary/aromatic N) is 2. The van der Waals surface area contributed by atoms with Crippen LogP contribution in [0.1, 0.15) is 11.1 Å². The van der Waals surface area contributed by atoms with Crippen molar-refractivity contribution in [3.8, 4) is 0 Å². The summed E-state index contributed by atoms with van der Waals surface area (Å²) in [5.74, 6) is -0.880. The van der Waals surface area contributed by atoms with Gasteiger partial charge in [0.2, 0.25) is 0 Å². The highest BCUT2D eigenvalue weighted by molar-refractivity contribution is 7.99. The van der Waals surface area contributed by atoms with Gasteiger partial charge in [0.25, 0.3) is 0 Å². The Balaban J connectivity index is 1.97. The summed E-state index contributed by atoms with van der Waals surface area (Å²) in [6.07, 6.45) is 4.26. The number of thioether (sulfide) groups is 1. The average molecular weight is 260 g/mol. The maximum atomic E-state index is 10.4. The minimum Gasteiger partial charge on any atom is -0.481 e. The molecule has 0 atom stereocenters. The van der Waals surface area contributed by atoms with Crippen LogP contribution in [0.4, 0.5) is 0 Å². The topological polar surface area (TPSA) is 63.1 Å². The normalized spacial score (nSPS) is 10.2. The third kappa shape index (κ3) is 3.85. The first-order valence-electron chi connectivity index (χ1n) is 5.43. The summed E-state index contributed by atoms with van der Waals surface area (Å²) in [6, 6.07) is 10.1. The lowest BCUT2D eigenvalue weighted by Gasteiger charge is -2.02. The van der Waals surface area contributed by atoms with E-state index >= 15 is 0 Å². The Bertz CT molecular complexity index is 514. The van der Waals surface area contributed by atoms with Crippen LogP contribution in [0.25, 0.3) is 0 Å². The Labute approximate surface area is 109 Å². The Morgan fingerprint density at radius 3 is 2.39 bits per heavy atom. The van der Waals surface area contributed by atoms with Crippen molar-refractivity contribution < 1.29 is 9.90 Å². The number of rotatable bonds is 5. The lowest BCUT2D eigenvalue weighted by molar-refractivity contribution is -0.133. The van der Waals surface area contributed by atoms with Crippen molar-refractivity contribution in [3.63, 3.8) is 0 Å². The first kappa shape index (κ1) is 12.6. The lowest BCUT2D eigenvalue weighted by atomic mass is 10.1. The fourth-order valence-corrected chi connectivity index (χ4v) is 1.97. The second kappa shape index (κ2) is 6.16. The summed E-state index contributed by atoms with van der Waals surface area (Å²) in [7, 11) is 0. The molecule has 0 amide bonds. The minimum atomic E-state index is -0.864. The number of aromatic nitrogens is 2. The summed E-state index contributed by atoms with van der Waals surface area (Å²) in [5.41, 5.74) is 2.22. The van der Waals surface area contributed by atoms with Crippen LogP contribution < -0.4 is 0 Å². The quantitative estimate of drug-likeness (QED) is 0.660. The molecule has 0 unspecified atom stereocenters. The minimum absolute atomic E-state index is 0.0158. The Morgan fingerprint density at radius 2 is 1.78 bits per heavy atom. The largest absolute Gasteiger partial charge is 0.481 e. The van der Waals surface area contributed by atoms with Gasteiger partial charge in [-0.2, -0.15) is 0 Å². The van der Waals surface area contributed by atoms with Crippen LogP contribution in [0.15, 0.2) is 47.9 Å². The molecule has 2 aromatic rings. The second-order valence-corrected chi connectivity index (χ2v) is 4.66. The van der Waals surface area contributed by atoms with E-state index < -0.39 is 5.97 Å². The standard InChI is InChI=1S/C13H12N2O2S/c16-12(17)9-18-13-14-7-11(8-15-13)6-10-4-2-1-3-5-10/h1-5,7-8H,6,9H2,(H,16,17). The molecule has 1 heterocycles. The zero-order valence-corrected chi connectivity index (χ0v) is 10.4. The highest BCUT2D eigenvalue weighted by atomic mass is 32.2. The van der Waals surface area contributed by atoms with E-state index in [0.717, 1.165) is 23.7 Å². The molecule has 0 aliphatic heterocycles. The van der Waals surface area contributed by atoms with Gasteiger partial charge in [0.05, 0.1) is 5.75 Å². The smallest absolute Gasteiger partial charge is 0.313 e. The molecule has 0 saturated carbocycles. The molecule has 0 saturated heterocycles. The summed E-state index contributed by atoms with van der Waals surface area (Å²) in [5, 5.41) is 9.04. The molecule has 2 rings (SSSR count). The summed E-state index contributed by atoms with van der Waals surface area (Å²) >= 11 is 1.12. The number of carboxylic acid groups (broad SMARTS) is 1. The van der Waals surface area contributed by atoms with Gasteiger partial charge in [-0.05, 0) is 11.1 Å². The Morgan fingerprint density at radius 1 is 1.11 bits per heavy atom. The molecule has 5 heteroatoms. The van der Waals surface area contributed by atoms with Gasteiger partial charge in [-0.1, -0.05) is 42.1 Å². The maximum Gasteiger partial charge on any atom is 0.313 e. The van der Waals surface area contributed by atoms with Crippen LogP contribution in [-0.4, -0.2) is 26.8 Å². The van der Waals surface area contributed by atoms with Crippen LogP contribution in [0, 0.1) is 0 Å². The zero-order chi connectivity index (χ0) is 12.8. The van der Waals surface area contributed by atoms with Crippen molar-refractivity contribution in [1.29, 1.82) is 0 Å². The number of hydrogen-bond donors (Lipinski definition) is 1. The highest BCUT2D eigenvalue weighted by Crippen LogP contribution is 2.13. The van der Waals surface area contributed by atoms with Gasteiger partial charge in [-0.15, -0.1) is 0 Å². The highest BCUT2D eigenvalue weighted by Gasteiger charge is 2.03. The molecule has 0 aliphatic carbocycles. The Hall–Kier alpha value is -1.88. The SMILES string of the molecule is O=C(O)CSc1ncc(Cc2ccccc2)cn1. The summed E-state index contributed by atoms with van der Waals surface area (Å²) < 4.78 is 0. The van der Waals surface area contributed by atoms with Gasteiger partial charge < -0.3 is 5.11 Å². The van der Waals surface area contributed by atoms with Gasteiger partial charge >= 0.3 is 5.97 Å². The molecule has 0 bridgehead atoms. The van der Waals surface area contributed by atoms with E-state index in [1.807, 2.05) is 30.3 Å². The fourth-order valence-electron chi connectivity index (χ4n) is 1.47. The first-order valence-corrected chi connectivity index (χ1v) is 6.42. The zero-order valence-electron chi connectivity index (χ0n) is 9.61. The third-order valence-electron chi connectivity index (χ3n) is 2.26. The monoisotopic (exact) mass is 260 g/mol. The average Bonchev–Trinajstić information content (AvgIpc) is 2.39. The molecule has 1 aromatic carbocycles. The van der Waals surface area contributed by atoms with E-state index in [9.17, 15) is 4.79 Å². The summed E-state index contributed by atoms with van der Waals surface area (Å²) in [6.45, 7) is 0. The molecular formula is C13H12N2O2S. The van der Waals surface area contributed by atoms with Gasteiger partial charge in [0.15, 0.2) is 5.16 Å². The van der Waals surface area contributed by atoms with E-state index in [4.69, 9.17) is 5.11 Å². The van der Waals surface area contributed by atoms with Crippen molar-refractivity contribution in [2.75, 3.05) is 5.75 Å². The van der Waals surface area contributed by atoms with Gasteiger partial charge in [-0.25, -0.2) is 9.97 Å². The maximum absolute atomic E-state index is 10.4. The Kier molecular flexibility index (Phi) is 4.30. The van der Waals surface area contributed by atoms with E-state index in [1.54, 1.807) is 12.4 Å². The second-order valence-electron chi connectivity index (χ2n) is 3.72. The third-order valence-corrected chi connectivity index (χ3v) is 3.12. The predicted octanol–water partition coefficient (Wildman–Crippen LogP) is 2.24. The van der Waals surface area contributed by atoms with Crippen molar-refractivity contribution in [2.24, 2.45) is 0 Å². The molecule has 1 aromatic heterocycles. The number of carboxylic acids is 1.